The number of nitrogens with one attached hydrogen (secondary N) is 1. The molecule has 0 aromatic heterocycles. The van der Waals surface area contributed by atoms with Gasteiger partial charge >= 0.3 is 5.97 Å². The van der Waals surface area contributed by atoms with E-state index in [9.17, 15) is 9.59 Å². The zero-order valence-electron chi connectivity index (χ0n) is 8.91. The Morgan fingerprint density at radius 3 is 2.43 bits per heavy atom. The molecule has 0 rings (SSSR count). The van der Waals surface area contributed by atoms with Crippen molar-refractivity contribution in [3.8, 4) is 0 Å². The maximum atomic E-state index is 11.1. The number of carboxylic acids is 1. The predicted octanol–water partition coefficient (Wildman–Crippen LogP) is -0.0825. The Kier molecular flexibility index (Phi) is 5.87. The van der Waals surface area contributed by atoms with Crippen molar-refractivity contribution in [1.29, 1.82) is 0 Å². The Bertz CT molecular complexity index is 204. The van der Waals surface area contributed by atoms with E-state index in [0.717, 1.165) is 0 Å². The highest BCUT2D eigenvalue weighted by Gasteiger charge is 2.07. The second-order valence-electron chi connectivity index (χ2n) is 3.49. The fourth-order valence-corrected chi connectivity index (χ4v) is 0.799. The van der Waals surface area contributed by atoms with E-state index in [0.29, 0.717) is 19.0 Å². The van der Waals surface area contributed by atoms with Crippen molar-refractivity contribution in [3.63, 3.8) is 0 Å². The molecule has 5 heteroatoms. The summed E-state index contributed by atoms with van der Waals surface area (Å²) in [5, 5.41) is 10.6. The molecule has 0 radical (unpaired) electrons. The molecule has 2 N–H and O–H groups in total. The van der Waals surface area contributed by atoms with Crippen molar-refractivity contribution in [2.75, 3.05) is 20.1 Å². The third-order valence-electron chi connectivity index (χ3n) is 2.01. The topological polar surface area (TPSA) is 69.6 Å². The van der Waals surface area contributed by atoms with Gasteiger partial charge in [0.1, 0.15) is 6.54 Å². The number of hydrogen-bond donors (Lipinski definition) is 2. The molecule has 5 nitrogen and oxygen atoms in total. The number of hydrogen-bond acceptors (Lipinski definition) is 3. The fourth-order valence-electron chi connectivity index (χ4n) is 0.799. The minimum absolute atomic E-state index is 0.222. The number of carbonyl (C=O) groups is 2. The molecule has 0 bridgehead atoms. The van der Waals surface area contributed by atoms with Gasteiger partial charge in [-0.3, -0.25) is 9.59 Å². The molecule has 0 unspecified atom stereocenters. The first kappa shape index (κ1) is 12.9. The molecule has 0 aromatic rings. The summed E-state index contributed by atoms with van der Waals surface area (Å²) in [5.74, 6) is -1.24. The SMILES string of the molecule is CC(C)N(C)CCC(=O)NCC(=O)O. The highest BCUT2D eigenvalue weighted by Crippen LogP contribution is 1.94. The lowest BCUT2D eigenvalue weighted by atomic mass is 10.3. The smallest absolute Gasteiger partial charge is 0.322 e. The normalized spacial score (nSPS) is 10.6. The minimum Gasteiger partial charge on any atom is -0.480 e. The van der Waals surface area contributed by atoms with Crippen molar-refractivity contribution in [1.82, 2.24) is 10.2 Å². The van der Waals surface area contributed by atoms with Gasteiger partial charge in [-0.15, -0.1) is 0 Å². The van der Waals surface area contributed by atoms with Crippen LogP contribution in [0.15, 0.2) is 0 Å². The highest BCUT2D eigenvalue weighted by atomic mass is 16.4. The van der Waals surface area contributed by atoms with Gasteiger partial charge in [0.25, 0.3) is 0 Å². The van der Waals surface area contributed by atoms with Crippen molar-refractivity contribution in [2.45, 2.75) is 26.3 Å². The molecule has 1 amide bonds. The molecule has 0 saturated carbocycles. The lowest BCUT2D eigenvalue weighted by Crippen LogP contribution is -2.34. The van der Waals surface area contributed by atoms with Crippen LogP contribution in [0.2, 0.25) is 0 Å². The summed E-state index contributed by atoms with van der Waals surface area (Å²) < 4.78 is 0. The quantitative estimate of drug-likeness (QED) is 0.632. The Morgan fingerprint density at radius 2 is 2.00 bits per heavy atom. The minimum atomic E-state index is -1.02. The van der Waals surface area contributed by atoms with Crippen LogP contribution in [0.25, 0.3) is 0 Å². The van der Waals surface area contributed by atoms with E-state index in [1.54, 1.807) is 0 Å². The number of rotatable bonds is 6. The Balaban J connectivity index is 3.58. The number of nitrogens with zero attached hydrogens (tertiary/aromatic N) is 1. The van der Waals surface area contributed by atoms with Gasteiger partial charge in [0, 0.05) is 19.0 Å². The van der Waals surface area contributed by atoms with Gasteiger partial charge in [0.15, 0.2) is 0 Å². The molecule has 0 spiro atoms. The van der Waals surface area contributed by atoms with Gasteiger partial charge in [-0.25, -0.2) is 0 Å². The maximum Gasteiger partial charge on any atom is 0.322 e. The van der Waals surface area contributed by atoms with E-state index in [1.165, 1.54) is 0 Å². The summed E-state index contributed by atoms with van der Waals surface area (Å²) in [6, 6.07) is 0.391. The van der Waals surface area contributed by atoms with Gasteiger partial charge < -0.3 is 15.3 Å². The van der Waals surface area contributed by atoms with Crippen LogP contribution >= 0.6 is 0 Å². The summed E-state index contributed by atoms with van der Waals surface area (Å²) in [6.45, 7) is 4.41. The van der Waals surface area contributed by atoms with Gasteiger partial charge in [0.2, 0.25) is 5.91 Å². The largest absolute Gasteiger partial charge is 0.480 e. The molecular formula is C9H18N2O3. The van der Waals surface area contributed by atoms with Crippen LogP contribution in [0.3, 0.4) is 0 Å². The second-order valence-corrected chi connectivity index (χ2v) is 3.49. The van der Waals surface area contributed by atoms with Crippen LogP contribution in [0, 0.1) is 0 Å². The predicted molar refractivity (Wildman–Crippen MR) is 53.0 cm³/mol. The first-order valence-corrected chi connectivity index (χ1v) is 4.62. The van der Waals surface area contributed by atoms with Crippen LogP contribution in [0.4, 0.5) is 0 Å². The maximum absolute atomic E-state index is 11.1. The highest BCUT2D eigenvalue weighted by molar-refractivity contribution is 5.81. The summed E-state index contributed by atoms with van der Waals surface area (Å²) >= 11 is 0. The number of amides is 1. The fraction of sp³-hybridized carbons (Fsp3) is 0.778. The summed E-state index contributed by atoms with van der Waals surface area (Å²) in [4.78, 5) is 23.2. The van der Waals surface area contributed by atoms with Crippen LogP contribution in [0.5, 0.6) is 0 Å². The zero-order valence-corrected chi connectivity index (χ0v) is 8.91. The Hall–Kier alpha value is -1.10. The molecular weight excluding hydrogens is 184 g/mol. The summed E-state index contributed by atoms with van der Waals surface area (Å²) in [5.41, 5.74) is 0. The number of carbonyl (C=O) groups excluding carboxylic acids is 1. The van der Waals surface area contributed by atoms with E-state index in [-0.39, 0.29) is 12.5 Å². The molecule has 14 heavy (non-hydrogen) atoms. The summed E-state index contributed by atoms with van der Waals surface area (Å²) in [7, 11) is 1.93. The lowest BCUT2D eigenvalue weighted by Gasteiger charge is -2.20. The van der Waals surface area contributed by atoms with E-state index >= 15 is 0 Å². The molecule has 0 heterocycles. The molecule has 0 aliphatic carbocycles. The average Bonchev–Trinajstić information content (AvgIpc) is 2.10. The van der Waals surface area contributed by atoms with Gasteiger partial charge in [-0.05, 0) is 20.9 Å². The monoisotopic (exact) mass is 202 g/mol. The number of carboxylic acid groups (broad SMARTS) is 1. The first-order valence-electron chi connectivity index (χ1n) is 4.62. The van der Waals surface area contributed by atoms with Crippen molar-refractivity contribution in [3.05, 3.63) is 0 Å². The molecule has 0 fully saturated rings. The Morgan fingerprint density at radius 1 is 1.43 bits per heavy atom. The molecule has 0 aliphatic heterocycles. The van der Waals surface area contributed by atoms with E-state index in [4.69, 9.17) is 5.11 Å². The molecule has 0 aromatic carbocycles. The number of aliphatic carboxylic acids is 1. The Labute approximate surface area is 84.1 Å². The standard InChI is InChI=1S/C9H18N2O3/c1-7(2)11(3)5-4-8(12)10-6-9(13)14/h7H,4-6H2,1-3H3,(H,10,12)(H,13,14). The molecule has 82 valence electrons. The van der Waals surface area contributed by atoms with E-state index < -0.39 is 5.97 Å². The van der Waals surface area contributed by atoms with Crippen LogP contribution in [-0.4, -0.2) is 48.1 Å². The molecule has 0 atom stereocenters. The zero-order chi connectivity index (χ0) is 11.1. The van der Waals surface area contributed by atoms with Gasteiger partial charge in [-0.2, -0.15) is 0 Å². The van der Waals surface area contributed by atoms with E-state index in [1.807, 2.05) is 25.8 Å². The van der Waals surface area contributed by atoms with Crippen molar-refractivity contribution in [2.24, 2.45) is 0 Å². The van der Waals surface area contributed by atoms with Gasteiger partial charge in [-0.1, -0.05) is 0 Å². The van der Waals surface area contributed by atoms with Crippen LogP contribution in [0.1, 0.15) is 20.3 Å². The van der Waals surface area contributed by atoms with Crippen molar-refractivity contribution >= 4 is 11.9 Å². The van der Waals surface area contributed by atoms with Crippen molar-refractivity contribution < 1.29 is 14.7 Å². The van der Waals surface area contributed by atoms with Crippen LogP contribution < -0.4 is 5.32 Å². The summed E-state index contributed by atoms with van der Waals surface area (Å²) in [6.07, 6.45) is 0.335. The van der Waals surface area contributed by atoms with Gasteiger partial charge in [0.05, 0.1) is 0 Å². The molecule has 0 saturated heterocycles. The lowest BCUT2D eigenvalue weighted by molar-refractivity contribution is -0.138. The third kappa shape index (κ3) is 6.42. The second kappa shape index (κ2) is 6.37. The molecule has 0 aliphatic rings. The van der Waals surface area contributed by atoms with E-state index in [2.05, 4.69) is 5.32 Å². The third-order valence-corrected chi connectivity index (χ3v) is 2.01. The first-order chi connectivity index (χ1) is 6.43. The average molecular weight is 202 g/mol. The van der Waals surface area contributed by atoms with Crippen LogP contribution in [-0.2, 0) is 9.59 Å².